The number of cyclic esters (lactones) is 1. The minimum atomic E-state index is -0.598. The van der Waals surface area contributed by atoms with E-state index < -0.39 is 12.0 Å². The number of imide groups is 1. The van der Waals surface area contributed by atoms with Crippen LogP contribution in [0.15, 0.2) is 85.1 Å². The molecule has 170 valence electrons. The third-order valence-corrected chi connectivity index (χ3v) is 6.31. The monoisotopic (exact) mass is 454 g/mol. The van der Waals surface area contributed by atoms with Gasteiger partial charge >= 0.3 is 6.09 Å². The summed E-state index contributed by atoms with van der Waals surface area (Å²) in [6, 6.07) is 23.3. The number of nitrogens with zero attached hydrogens (tertiary/aromatic N) is 2. The minimum absolute atomic E-state index is 0.191. The number of hydrogen-bond acceptors (Lipinski definition) is 4. The minimum Gasteiger partial charge on any atom is -0.447 e. The second-order valence-corrected chi connectivity index (χ2v) is 8.49. The average Bonchev–Trinajstić information content (AvgIpc) is 3.23. The summed E-state index contributed by atoms with van der Waals surface area (Å²) in [4.78, 5) is 31.2. The Kier molecular flexibility index (Phi) is 5.80. The lowest BCUT2D eigenvalue weighted by Crippen LogP contribution is -2.42. The molecule has 1 aliphatic rings. The zero-order valence-corrected chi connectivity index (χ0v) is 18.6. The molecule has 1 fully saturated rings. The van der Waals surface area contributed by atoms with Crippen LogP contribution < -0.4 is 0 Å². The molecule has 1 saturated heterocycles. The molecule has 6 heteroatoms. The molecule has 2 atom stereocenters. The molecular formula is C28H23FN2O3. The number of carbonyl (C=O) groups is 2. The van der Waals surface area contributed by atoms with Crippen LogP contribution in [0.25, 0.3) is 22.0 Å². The topological polar surface area (TPSA) is 59.5 Å². The van der Waals surface area contributed by atoms with E-state index in [9.17, 15) is 14.0 Å². The van der Waals surface area contributed by atoms with E-state index in [4.69, 9.17) is 4.74 Å². The molecule has 0 bridgehead atoms. The lowest BCUT2D eigenvalue weighted by Gasteiger charge is -2.23. The van der Waals surface area contributed by atoms with E-state index in [-0.39, 0.29) is 24.4 Å². The predicted octanol–water partition coefficient (Wildman–Crippen LogP) is 5.73. The van der Waals surface area contributed by atoms with Gasteiger partial charge in [-0.15, -0.1) is 0 Å². The zero-order valence-electron chi connectivity index (χ0n) is 18.6. The van der Waals surface area contributed by atoms with Gasteiger partial charge in [0.15, 0.2) is 0 Å². The number of rotatable bonds is 5. The summed E-state index contributed by atoms with van der Waals surface area (Å²) in [5.41, 5.74) is 4.30. The van der Waals surface area contributed by atoms with E-state index >= 15 is 0 Å². The van der Waals surface area contributed by atoms with Crippen molar-refractivity contribution < 1.29 is 18.7 Å². The standard InChI is InChI=1S/C28H23FN2O3/c1-18(27(32)31-23(17-34-28(31)33)15-19-5-3-2-4-6-19)20-7-9-21(10-8-20)24-13-14-30-26-12-11-22(29)16-25(24)26/h2-14,16,18,23H,15,17H2,1H3. The maximum atomic E-state index is 13.8. The summed E-state index contributed by atoms with van der Waals surface area (Å²) in [6.07, 6.45) is 1.65. The highest BCUT2D eigenvalue weighted by molar-refractivity contribution is 5.97. The zero-order chi connectivity index (χ0) is 23.7. The largest absolute Gasteiger partial charge is 0.447 e. The second-order valence-electron chi connectivity index (χ2n) is 8.49. The summed E-state index contributed by atoms with van der Waals surface area (Å²) < 4.78 is 19.0. The third-order valence-electron chi connectivity index (χ3n) is 6.31. The van der Waals surface area contributed by atoms with Crippen molar-refractivity contribution in [3.8, 4) is 11.1 Å². The molecule has 5 rings (SSSR count). The predicted molar refractivity (Wildman–Crippen MR) is 128 cm³/mol. The number of aromatic nitrogens is 1. The number of halogens is 1. The Balaban J connectivity index is 1.38. The highest BCUT2D eigenvalue weighted by atomic mass is 19.1. The van der Waals surface area contributed by atoms with Crippen LogP contribution in [0.1, 0.15) is 24.0 Å². The van der Waals surface area contributed by atoms with Crippen LogP contribution >= 0.6 is 0 Å². The Hall–Kier alpha value is -4.06. The van der Waals surface area contributed by atoms with Crippen molar-refractivity contribution >= 4 is 22.9 Å². The molecule has 0 N–H and O–H groups in total. The van der Waals surface area contributed by atoms with Gasteiger partial charge in [-0.2, -0.15) is 0 Å². The maximum absolute atomic E-state index is 13.8. The second kappa shape index (κ2) is 9.06. The summed E-state index contributed by atoms with van der Waals surface area (Å²) in [6.45, 7) is 1.98. The van der Waals surface area contributed by atoms with Crippen molar-refractivity contribution in [2.24, 2.45) is 0 Å². The highest BCUT2D eigenvalue weighted by Gasteiger charge is 2.40. The number of amides is 2. The number of fused-ring (bicyclic) bond motifs is 1. The fraction of sp³-hybridized carbons (Fsp3) is 0.179. The molecule has 5 nitrogen and oxygen atoms in total. The van der Waals surface area contributed by atoms with Gasteiger partial charge in [-0.3, -0.25) is 9.78 Å². The van der Waals surface area contributed by atoms with Gasteiger partial charge in [-0.05, 0) is 59.9 Å². The van der Waals surface area contributed by atoms with Crippen molar-refractivity contribution in [3.63, 3.8) is 0 Å². The van der Waals surface area contributed by atoms with Crippen LogP contribution in [-0.4, -0.2) is 34.5 Å². The number of carbonyl (C=O) groups excluding carboxylic acids is 2. The summed E-state index contributed by atoms with van der Waals surface area (Å²) in [7, 11) is 0. The van der Waals surface area contributed by atoms with E-state index in [0.29, 0.717) is 11.9 Å². The average molecular weight is 455 g/mol. The van der Waals surface area contributed by atoms with E-state index in [0.717, 1.165) is 27.6 Å². The smallest absolute Gasteiger partial charge is 0.417 e. The lowest BCUT2D eigenvalue weighted by atomic mass is 9.94. The molecule has 2 heterocycles. The molecule has 0 spiro atoms. The maximum Gasteiger partial charge on any atom is 0.417 e. The molecule has 2 unspecified atom stereocenters. The van der Waals surface area contributed by atoms with Crippen molar-refractivity contribution in [3.05, 3.63) is 102 Å². The molecule has 0 radical (unpaired) electrons. The first kappa shape index (κ1) is 21.8. The fourth-order valence-corrected chi connectivity index (χ4v) is 4.44. The van der Waals surface area contributed by atoms with Gasteiger partial charge in [0.05, 0.1) is 17.5 Å². The Morgan fingerprint density at radius 1 is 1.09 bits per heavy atom. The van der Waals surface area contributed by atoms with Crippen LogP contribution in [0.3, 0.4) is 0 Å². The molecule has 34 heavy (non-hydrogen) atoms. The van der Waals surface area contributed by atoms with E-state index in [1.165, 1.54) is 17.0 Å². The number of ether oxygens (including phenoxy) is 1. The normalized spacial score (nSPS) is 16.5. The quantitative estimate of drug-likeness (QED) is 0.386. The van der Waals surface area contributed by atoms with Gasteiger partial charge < -0.3 is 4.74 Å². The van der Waals surface area contributed by atoms with E-state index in [1.54, 1.807) is 19.2 Å². The number of hydrogen-bond donors (Lipinski definition) is 0. The first-order chi connectivity index (χ1) is 16.5. The van der Waals surface area contributed by atoms with E-state index in [1.807, 2.05) is 60.7 Å². The van der Waals surface area contributed by atoms with Gasteiger partial charge in [0.2, 0.25) is 5.91 Å². The fourth-order valence-electron chi connectivity index (χ4n) is 4.44. The molecular weight excluding hydrogens is 431 g/mol. The Labute approximate surface area is 196 Å². The highest BCUT2D eigenvalue weighted by Crippen LogP contribution is 2.30. The van der Waals surface area contributed by atoms with Crippen molar-refractivity contribution in [2.45, 2.75) is 25.3 Å². The molecule has 2 amide bonds. The van der Waals surface area contributed by atoms with Gasteiger partial charge in [-0.1, -0.05) is 54.6 Å². The molecule has 4 aromatic rings. The first-order valence-corrected chi connectivity index (χ1v) is 11.2. The van der Waals surface area contributed by atoms with Crippen LogP contribution in [0.2, 0.25) is 0 Å². The summed E-state index contributed by atoms with van der Waals surface area (Å²) in [5, 5.41) is 0.725. The third kappa shape index (κ3) is 4.15. The van der Waals surface area contributed by atoms with Gasteiger partial charge in [0.1, 0.15) is 12.4 Å². The van der Waals surface area contributed by atoms with E-state index in [2.05, 4.69) is 4.98 Å². The summed E-state index contributed by atoms with van der Waals surface area (Å²) >= 11 is 0. The molecule has 1 aromatic heterocycles. The lowest BCUT2D eigenvalue weighted by molar-refractivity contribution is -0.130. The first-order valence-electron chi connectivity index (χ1n) is 11.2. The van der Waals surface area contributed by atoms with Crippen molar-refractivity contribution in [2.75, 3.05) is 6.61 Å². The Morgan fingerprint density at radius 3 is 2.62 bits per heavy atom. The Bertz CT molecular complexity index is 1360. The summed E-state index contributed by atoms with van der Waals surface area (Å²) in [5.74, 6) is -1.13. The van der Waals surface area contributed by atoms with Crippen molar-refractivity contribution in [1.29, 1.82) is 0 Å². The molecule has 1 aliphatic heterocycles. The number of benzene rings is 3. The van der Waals surface area contributed by atoms with Crippen LogP contribution in [0.4, 0.5) is 9.18 Å². The van der Waals surface area contributed by atoms with Crippen molar-refractivity contribution in [1.82, 2.24) is 9.88 Å². The van der Waals surface area contributed by atoms with Crippen LogP contribution in [0, 0.1) is 5.82 Å². The number of pyridine rings is 1. The van der Waals surface area contributed by atoms with Crippen LogP contribution in [0.5, 0.6) is 0 Å². The van der Waals surface area contributed by atoms with Gasteiger partial charge in [0, 0.05) is 11.6 Å². The molecule has 0 saturated carbocycles. The van der Waals surface area contributed by atoms with Gasteiger partial charge in [0.25, 0.3) is 0 Å². The van der Waals surface area contributed by atoms with Gasteiger partial charge in [-0.25, -0.2) is 14.1 Å². The SMILES string of the molecule is CC(C(=O)N1C(=O)OCC1Cc1ccccc1)c1ccc(-c2ccnc3ccc(F)cc23)cc1. The molecule has 3 aromatic carbocycles. The molecule has 0 aliphatic carbocycles. The Morgan fingerprint density at radius 2 is 1.85 bits per heavy atom. The van der Waals surface area contributed by atoms with Crippen LogP contribution in [-0.2, 0) is 16.0 Å².